The van der Waals surface area contributed by atoms with Crippen LogP contribution in [0.3, 0.4) is 0 Å². The highest BCUT2D eigenvalue weighted by atomic mass is 16.4. The normalized spacial score (nSPS) is 19.4. The summed E-state index contributed by atoms with van der Waals surface area (Å²) in [5.74, 6) is -1.07. The molecule has 2 N–H and O–H groups in total. The van der Waals surface area contributed by atoms with Gasteiger partial charge in [0.05, 0.1) is 5.56 Å². The summed E-state index contributed by atoms with van der Waals surface area (Å²) in [6.07, 6.45) is 0. The zero-order valence-corrected chi connectivity index (χ0v) is 12.6. The summed E-state index contributed by atoms with van der Waals surface area (Å²) in [6.45, 7) is 10.0. The van der Waals surface area contributed by atoms with Gasteiger partial charge in [0, 0.05) is 11.6 Å². The van der Waals surface area contributed by atoms with Crippen LogP contribution in [0.4, 0.5) is 5.69 Å². The van der Waals surface area contributed by atoms with Crippen LogP contribution >= 0.6 is 0 Å². The lowest BCUT2D eigenvalue weighted by atomic mass is 10.0. The molecule has 0 heterocycles. The third-order valence-corrected chi connectivity index (χ3v) is 5.10. The SMILES string of the molecule is Cc1c(NC(=O)C2C(C)(C)C2(C)C)cccc1C(=O)O. The van der Waals surface area contributed by atoms with E-state index >= 15 is 0 Å². The van der Waals surface area contributed by atoms with E-state index in [2.05, 4.69) is 33.0 Å². The zero-order chi connectivity index (χ0) is 15.3. The van der Waals surface area contributed by atoms with Gasteiger partial charge in [-0.05, 0) is 35.4 Å². The number of hydrogen-bond donors (Lipinski definition) is 2. The molecule has 0 radical (unpaired) electrons. The van der Waals surface area contributed by atoms with Crippen molar-refractivity contribution < 1.29 is 14.7 Å². The highest BCUT2D eigenvalue weighted by Crippen LogP contribution is 2.68. The summed E-state index contributed by atoms with van der Waals surface area (Å²) in [5, 5.41) is 12.0. The van der Waals surface area contributed by atoms with Crippen LogP contribution in [-0.2, 0) is 4.79 Å². The minimum Gasteiger partial charge on any atom is -0.478 e. The maximum atomic E-state index is 12.4. The number of carboxylic acid groups (broad SMARTS) is 1. The Hall–Kier alpha value is -1.84. The van der Waals surface area contributed by atoms with Crippen LogP contribution in [0.15, 0.2) is 18.2 Å². The lowest BCUT2D eigenvalue weighted by molar-refractivity contribution is -0.118. The predicted octanol–water partition coefficient (Wildman–Crippen LogP) is 3.31. The molecule has 4 heteroatoms. The van der Waals surface area contributed by atoms with E-state index in [1.165, 1.54) is 0 Å². The van der Waals surface area contributed by atoms with Gasteiger partial charge in [0.2, 0.25) is 5.91 Å². The topological polar surface area (TPSA) is 66.4 Å². The average Bonchev–Trinajstić information content (AvgIpc) is 2.71. The standard InChI is InChI=1S/C16H21NO3/c1-9-10(14(19)20)7-6-8-11(9)17-13(18)12-15(2,3)16(12,4)5/h6-8,12H,1-5H3,(H,17,18)(H,19,20). The number of hydrogen-bond acceptors (Lipinski definition) is 2. The van der Waals surface area contributed by atoms with Crippen molar-refractivity contribution in [2.45, 2.75) is 34.6 Å². The fourth-order valence-corrected chi connectivity index (χ4v) is 3.06. The number of nitrogens with one attached hydrogen (secondary N) is 1. The molecule has 1 aromatic carbocycles. The summed E-state index contributed by atoms with van der Waals surface area (Å²) >= 11 is 0. The number of amides is 1. The molecule has 108 valence electrons. The van der Waals surface area contributed by atoms with Crippen molar-refractivity contribution in [2.75, 3.05) is 5.32 Å². The summed E-state index contributed by atoms with van der Waals surface area (Å²) < 4.78 is 0. The van der Waals surface area contributed by atoms with Crippen molar-refractivity contribution in [3.05, 3.63) is 29.3 Å². The first-order valence-electron chi connectivity index (χ1n) is 6.74. The Bertz CT molecular complexity index is 573. The van der Waals surface area contributed by atoms with Crippen molar-refractivity contribution in [2.24, 2.45) is 16.7 Å². The fourth-order valence-electron chi connectivity index (χ4n) is 3.06. The minimum absolute atomic E-state index is 0.0323. The fraction of sp³-hybridized carbons (Fsp3) is 0.500. The van der Waals surface area contributed by atoms with E-state index in [1.54, 1.807) is 25.1 Å². The molecule has 1 aromatic rings. The lowest BCUT2D eigenvalue weighted by Gasteiger charge is -2.11. The summed E-state index contributed by atoms with van der Waals surface area (Å²) in [5.41, 5.74) is 1.32. The number of carbonyl (C=O) groups is 2. The van der Waals surface area contributed by atoms with Gasteiger partial charge < -0.3 is 10.4 Å². The molecule has 0 atom stereocenters. The van der Waals surface area contributed by atoms with E-state index in [1.807, 2.05) is 0 Å². The smallest absolute Gasteiger partial charge is 0.336 e. The Balaban J connectivity index is 2.23. The van der Waals surface area contributed by atoms with Gasteiger partial charge in [0.25, 0.3) is 0 Å². The number of carboxylic acids is 1. The van der Waals surface area contributed by atoms with Gasteiger partial charge in [0.15, 0.2) is 0 Å². The van der Waals surface area contributed by atoms with E-state index in [9.17, 15) is 9.59 Å². The van der Waals surface area contributed by atoms with Crippen LogP contribution in [0.1, 0.15) is 43.6 Å². The van der Waals surface area contributed by atoms with Gasteiger partial charge >= 0.3 is 5.97 Å². The quantitative estimate of drug-likeness (QED) is 0.889. The second-order valence-corrected chi connectivity index (χ2v) is 6.65. The molecule has 0 aliphatic heterocycles. The van der Waals surface area contributed by atoms with Crippen LogP contribution in [0.25, 0.3) is 0 Å². The lowest BCUT2D eigenvalue weighted by Crippen LogP contribution is -2.19. The first-order chi connectivity index (χ1) is 9.10. The van der Waals surface area contributed by atoms with Gasteiger partial charge in [-0.3, -0.25) is 4.79 Å². The number of benzene rings is 1. The van der Waals surface area contributed by atoms with Gasteiger partial charge in [-0.2, -0.15) is 0 Å². The third kappa shape index (κ3) is 1.99. The van der Waals surface area contributed by atoms with Crippen molar-refractivity contribution in [3.8, 4) is 0 Å². The second-order valence-electron chi connectivity index (χ2n) is 6.65. The van der Waals surface area contributed by atoms with Crippen LogP contribution in [0.5, 0.6) is 0 Å². The molecule has 1 fully saturated rings. The number of anilines is 1. The summed E-state index contributed by atoms with van der Waals surface area (Å²) in [6, 6.07) is 4.93. The van der Waals surface area contributed by atoms with E-state index < -0.39 is 5.97 Å². The Labute approximate surface area is 119 Å². The minimum atomic E-state index is -0.981. The van der Waals surface area contributed by atoms with Gasteiger partial charge in [-0.1, -0.05) is 33.8 Å². The molecular weight excluding hydrogens is 254 g/mol. The molecule has 0 unspecified atom stereocenters. The van der Waals surface area contributed by atoms with E-state index in [0.717, 1.165) is 0 Å². The number of carbonyl (C=O) groups excluding carboxylic acids is 1. The van der Waals surface area contributed by atoms with Crippen LogP contribution in [0.2, 0.25) is 0 Å². The second kappa shape index (κ2) is 4.33. The molecule has 0 bridgehead atoms. The van der Waals surface area contributed by atoms with Gasteiger partial charge in [0.1, 0.15) is 0 Å². The Morgan fingerprint density at radius 2 is 1.70 bits per heavy atom. The Kier molecular flexibility index (Phi) is 3.16. The molecule has 0 saturated heterocycles. The molecule has 0 spiro atoms. The predicted molar refractivity (Wildman–Crippen MR) is 77.8 cm³/mol. The summed E-state index contributed by atoms with van der Waals surface area (Å²) in [7, 11) is 0. The summed E-state index contributed by atoms with van der Waals surface area (Å²) in [4.78, 5) is 23.5. The van der Waals surface area contributed by atoms with Crippen molar-refractivity contribution in [1.82, 2.24) is 0 Å². The van der Waals surface area contributed by atoms with E-state index in [4.69, 9.17) is 5.11 Å². The van der Waals surface area contributed by atoms with E-state index in [0.29, 0.717) is 11.3 Å². The van der Waals surface area contributed by atoms with Crippen LogP contribution < -0.4 is 5.32 Å². The van der Waals surface area contributed by atoms with Gasteiger partial charge in [-0.25, -0.2) is 4.79 Å². The molecule has 2 rings (SSSR count). The average molecular weight is 275 g/mol. The van der Waals surface area contributed by atoms with E-state index in [-0.39, 0.29) is 28.2 Å². The Morgan fingerprint density at radius 1 is 1.15 bits per heavy atom. The largest absolute Gasteiger partial charge is 0.478 e. The monoisotopic (exact) mass is 275 g/mol. The zero-order valence-electron chi connectivity index (χ0n) is 12.6. The van der Waals surface area contributed by atoms with Crippen molar-refractivity contribution in [3.63, 3.8) is 0 Å². The third-order valence-electron chi connectivity index (χ3n) is 5.10. The van der Waals surface area contributed by atoms with Crippen molar-refractivity contribution in [1.29, 1.82) is 0 Å². The molecule has 1 amide bonds. The first kappa shape index (κ1) is 14.6. The number of rotatable bonds is 3. The molecule has 1 saturated carbocycles. The maximum Gasteiger partial charge on any atom is 0.336 e. The van der Waals surface area contributed by atoms with Crippen LogP contribution in [0, 0.1) is 23.7 Å². The highest BCUT2D eigenvalue weighted by molar-refractivity contribution is 5.99. The molecule has 1 aliphatic rings. The number of aromatic carboxylic acids is 1. The highest BCUT2D eigenvalue weighted by Gasteiger charge is 2.68. The van der Waals surface area contributed by atoms with Gasteiger partial charge in [-0.15, -0.1) is 0 Å². The molecule has 1 aliphatic carbocycles. The maximum absolute atomic E-state index is 12.4. The first-order valence-corrected chi connectivity index (χ1v) is 6.74. The molecular formula is C16H21NO3. The van der Waals surface area contributed by atoms with Crippen molar-refractivity contribution >= 4 is 17.6 Å². The Morgan fingerprint density at radius 3 is 2.15 bits per heavy atom. The molecule has 4 nitrogen and oxygen atoms in total. The molecule has 0 aromatic heterocycles. The van der Waals surface area contributed by atoms with Crippen LogP contribution in [-0.4, -0.2) is 17.0 Å². The molecule has 20 heavy (non-hydrogen) atoms.